The van der Waals surface area contributed by atoms with Crippen molar-refractivity contribution < 1.29 is 4.79 Å². The van der Waals surface area contributed by atoms with E-state index < -0.39 is 0 Å². The Hall–Kier alpha value is -1.99. The van der Waals surface area contributed by atoms with Crippen molar-refractivity contribution in [2.75, 3.05) is 44.7 Å². The Morgan fingerprint density at radius 1 is 1.39 bits per heavy atom. The van der Waals surface area contributed by atoms with Gasteiger partial charge < -0.3 is 15.1 Å². The van der Waals surface area contributed by atoms with Gasteiger partial charge in [-0.2, -0.15) is 0 Å². The number of carbonyl (C=O) groups excluding carboxylic acids is 1. The van der Waals surface area contributed by atoms with Crippen molar-refractivity contribution in [2.45, 2.75) is 6.92 Å². The summed E-state index contributed by atoms with van der Waals surface area (Å²) in [5.41, 5.74) is 0.959. The maximum absolute atomic E-state index is 12.3. The molecule has 7 heteroatoms. The Kier molecular flexibility index (Phi) is 4.58. The number of aryl methyl sites for hydroxylation is 1. The van der Waals surface area contributed by atoms with E-state index in [1.54, 1.807) is 12.4 Å². The van der Waals surface area contributed by atoms with Crippen LogP contribution in [0, 0.1) is 6.92 Å². The van der Waals surface area contributed by atoms with Crippen molar-refractivity contribution in [1.29, 1.82) is 0 Å². The second-order valence-electron chi connectivity index (χ2n) is 5.72. The van der Waals surface area contributed by atoms with Crippen LogP contribution in [0.15, 0.2) is 19.0 Å². The highest BCUT2D eigenvalue weighted by atomic mass is 32.1. The van der Waals surface area contributed by atoms with E-state index >= 15 is 0 Å². The zero-order chi connectivity index (χ0) is 16.4. The third-order valence-corrected chi connectivity index (χ3v) is 5.32. The van der Waals surface area contributed by atoms with E-state index in [2.05, 4.69) is 38.7 Å². The van der Waals surface area contributed by atoms with Crippen LogP contribution in [-0.4, -0.2) is 60.5 Å². The molecular weight excluding hydrogens is 310 g/mol. The zero-order valence-corrected chi connectivity index (χ0v) is 14.3. The van der Waals surface area contributed by atoms with Crippen molar-refractivity contribution >= 4 is 33.3 Å². The molecule has 3 rings (SSSR count). The number of fused-ring (bicyclic) bond motifs is 1. The van der Waals surface area contributed by atoms with Gasteiger partial charge >= 0.3 is 0 Å². The zero-order valence-electron chi connectivity index (χ0n) is 13.5. The normalized spacial score (nSPS) is 15.8. The van der Waals surface area contributed by atoms with Crippen molar-refractivity contribution in [3.05, 3.63) is 29.4 Å². The second-order valence-corrected chi connectivity index (χ2v) is 6.72. The molecule has 6 nitrogen and oxygen atoms in total. The fourth-order valence-corrected chi connectivity index (χ4v) is 3.83. The molecule has 1 saturated heterocycles. The first kappa shape index (κ1) is 15.9. The van der Waals surface area contributed by atoms with E-state index in [4.69, 9.17) is 0 Å². The average molecular weight is 331 g/mol. The molecule has 1 aliphatic heterocycles. The standard InChI is InChI=1S/C16H21N5OS/c1-4-5-17-15(22)13-11(2)12-14(18-10-19-16(12)23-13)21-8-6-20(3)7-9-21/h4,10H,1,5-9H2,2-3H3,(H,17,22). The summed E-state index contributed by atoms with van der Waals surface area (Å²) < 4.78 is 0. The summed E-state index contributed by atoms with van der Waals surface area (Å²) in [7, 11) is 2.13. The van der Waals surface area contributed by atoms with Gasteiger partial charge in [-0.25, -0.2) is 9.97 Å². The van der Waals surface area contributed by atoms with Crippen LogP contribution in [0.4, 0.5) is 5.82 Å². The molecule has 1 fully saturated rings. The molecule has 0 aromatic carbocycles. The average Bonchev–Trinajstić information content (AvgIpc) is 2.91. The quantitative estimate of drug-likeness (QED) is 0.864. The first-order chi connectivity index (χ1) is 11.1. The van der Waals surface area contributed by atoms with Crippen LogP contribution in [0.25, 0.3) is 10.2 Å². The van der Waals surface area contributed by atoms with Crippen molar-refractivity contribution in [3.63, 3.8) is 0 Å². The Morgan fingerprint density at radius 2 is 2.13 bits per heavy atom. The summed E-state index contributed by atoms with van der Waals surface area (Å²) in [5, 5.41) is 3.85. The molecule has 0 spiro atoms. The lowest BCUT2D eigenvalue weighted by molar-refractivity contribution is 0.0961. The van der Waals surface area contributed by atoms with E-state index in [1.807, 2.05) is 6.92 Å². The third kappa shape index (κ3) is 3.07. The van der Waals surface area contributed by atoms with Gasteiger partial charge in [-0.15, -0.1) is 17.9 Å². The lowest BCUT2D eigenvalue weighted by atomic mass is 10.1. The van der Waals surface area contributed by atoms with Crippen LogP contribution in [0.2, 0.25) is 0 Å². The summed E-state index contributed by atoms with van der Waals surface area (Å²) in [4.78, 5) is 27.4. The van der Waals surface area contributed by atoms with Crippen LogP contribution < -0.4 is 10.2 Å². The number of piperazine rings is 1. The Labute approximate surface area is 139 Å². The number of nitrogens with zero attached hydrogens (tertiary/aromatic N) is 4. The smallest absolute Gasteiger partial charge is 0.261 e. The largest absolute Gasteiger partial charge is 0.353 e. The molecule has 122 valence electrons. The molecule has 1 amide bonds. The molecule has 0 radical (unpaired) electrons. The summed E-state index contributed by atoms with van der Waals surface area (Å²) in [6.45, 7) is 9.98. The van der Waals surface area contributed by atoms with Gasteiger partial charge in [-0.1, -0.05) is 6.08 Å². The molecular formula is C16H21N5OS. The monoisotopic (exact) mass is 331 g/mol. The fourth-order valence-electron chi connectivity index (χ4n) is 2.77. The summed E-state index contributed by atoms with van der Waals surface area (Å²) in [6, 6.07) is 0. The summed E-state index contributed by atoms with van der Waals surface area (Å²) >= 11 is 1.43. The fraction of sp³-hybridized carbons (Fsp3) is 0.438. The van der Waals surface area contributed by atoms with Crippen LogP contribution in [-0.2, 0) is 0 Å². The SMILES string of the molecule is C=CCNC(=O)c1sc2ncnc(N3CCN(C)CC3)c2c1C. The Bertz CT molecular complexity index is 733. The second kappa shape index (κ2) is 6.64. The summed E-state index contributed by atoms with van der Waals surface area (Å²) in [6.07, 6.45) is 3.27. The molecule has 0 saturated carbocycles. The predicted molar refractivity (Wildman–Crippen MR) is 94.4 cm³/mol. The Balaban J connectivity index is 1.98. The van der Waals surface area contributed by atoms with Gasteiger partial charge in [0.05, 0.1) is 10.3 Å². The van der Waals surface area contributed by atoms with E-state index in [1.165, 1.54) is 11.3 Å². The molecule has 2 aromatic rings. The minimum atomic E-state index is -0.0743. The summed E-state index contributed by atoms with van der Waals surface area (Å²) in [5.74, 6) is 0.870. The van der Waals surface area contributed by atoms with Crippen LogP contribution >= 0.6 is 11.3 Å². The number of carbonyl (C=O) groups is 1. The molecule has 23 heavy (non-hydrogen) atoms. The van der Waals surface area contributed by atoms with Crippen LogP contribution in [0.5, 0.6) is 0 Å². The highest BCUT2D eigenvalue weighted by molar-refractivity contribution is 7.20. The number of thiophene rings is 1. The first-order valence-electron chi connectivity index (χ1n) is 7.68. The van der Waals surface area contributed by atoms with Gasteiger partial charge in [-0.3, -0.25) is 4.79 Å². The van der Waals surface area contributed by atoms with E-state index in [0.717, 1.165) is 47.8 Å². The number of hydrogen-bond acceptors (Lipinski definition) is 6. The van der Waals surface area contributed by atoms with E-state index in [0.29, 0.717) is 11.4 Å². The maximum Gasteiger partial charge on any atom is 0.261 e. The van der Waals surface area contributed by atoms with Crippen LogP contribution in [0.3, 0.4) is 0 Å². The minimum absolute atomic E-state index is 0.0743. The molecule has 0 atom stereocenters. The lowest BCUT2D eigenvalue weighted by Crippen LogP contribution is -2.44. The number of anilines is 1. The van der Waals surface area contributed by atoms with Crippen LogP contribution in [0.1, 0.15) is 15.2 Å². The highest BCUT2D eigenvalue weighted by Gasteiger charge is 2.23. The molecule has 2 aromatic heterocycles. The van der Waals surface area contributed by atoms with Crippen molar-refractivity contribution in [2.24, 2.45) is 0 Å². The number of aromatic nitrogens is 2. The van der Waals surface area contributed by atoms with Gasteiger partial charge in [0, 0.05) is 32.7 Å². The molecule has 3 heterocycles. The highest BCUT2D eigenvalue weighted by Crippen LogP contribution is 2.35. The number of rotatable bonds is 4. The lowest BCUT2D eigenvalue weighted by Gasteiger charge is -2.33. The van der Waals surface area contributed by atoms with Crippen molar-refractivity contribution in [1.82, 2.24) is 20.2 Å². The number of hydrogen-bond donors (Lipinski definition) is 1. The molecule has 0 bridgehead atoms. The van der Waals surface area contributed by atoms with Gasteiger partial charge in [0.1, 0.15) is 17.0 Å². The first-order valence-corrected chi connectivity index (χ1v) is 8.50. The molecule has 0 unspecified atom stereocenters. The number of amides is 1. The van der Waals surface area contributed by atoms with E-state index in [9.17, 15) is 4.79 Å². The van der Waals surface area contributed by atoms with Gasteiger partial charge in [0.15, 0.2) is 0 Å². The van der Waals surface area contributed by atoms with Gasteiger partial charge in [-0.05, 0) is 19.5 Å². The minimum Gasteiger partial charge on any atom is -0.353 e. The topological polar surface area (TPSA) is 61.4 Å². The van der Waals surface area contributed by atoms with Gasteiger partial charge in [0.2, 0.25) is 0 Å². The predicted octanol–water partition coefficient (Wildman–Crippen LogP) is 1.67. The number of nitrogens with one attached hydrogen (secondary N) is 1. The van der Waals surface area contributed by atoms with Gasteiger partial charge in [0.25, 0.3) is 5.91 Å². The van der Waals surface area contributed by atoms with Crippen molar-refractivity contribution in [3.8, 4) is 0 Å². The Morgan fingerprint density at radius 3 is 2.83 bits per heavy atom. The molecule has 1 N–H and O–H groups in total. The molecule has 1 aliphatic rings. The maximum atomic E-state index is 12.3. The number of likely N-dealkylation sites (N-methyl/N-ethyl adjacent to an activating group) is 1. The third-order valence-electron chi connectivity index (χ3n) is 4.12. The molecule has 0 aliphatic carbocycles. The van der Waals surface area contributed by atoms with E-state index in [-0.39, 0.29) is 5.91 Å².